The number of unbranched alkanes of at least 4 members (excludes halogenated alkanes) is 27. The lowest BCUT2D eigenvalue weighted by Crippen LogP contribution is -2.40. The Labute approximate surface area is 389 Å². The Morgan fingerprint density at radius 2 is 0.873 bits per heavy atom. The van der Waals surface area contributed by atoms with Crippen LogP contribution < -0.4 is 11.1 Å². The molecule has 0 heterocycles. The summed E-state index contributed by atoms with van der Waals surface area (Å²) in [5.41, 5.74) is 5.51. The molecule has 0 aliphatic heterocycles. The second kappa shape index (κ2) is 50.3. The fraction of sp³-hybridized carbons (Fsp3) is 0.804. The molecular weight excluding hydrogens is 781 g/mol. The van der Waals surface area contributed by atoms with Gasteiger partial charge in [-0.05, 0) is 96.4 Å². The highest BCUT2D eigenvalue weighted by Crippen LogP contribution is 2.20. The van der Waals surface area contributed by atoms with E-state index in [2.05, 4.69) is 67.8 Å². The predicted octanol–water partition coefficient (Wildman–Crippen LogP) is 16.3. The maximum Gasteiger partial charge on any atom is 0.326 e. The van der Waals surface area contributed by atoms with Crippen molar-refractivity contribution >= 4 is 17.8 Å². The van der Waals surface area contributed by atoms with Crippen LogP contribution in [0.25, 0.3) is 0 Å². The van der Waals surface area contributed by atoms with E-state index in [1.165, 1.54) is 141 Å². The molecule has 0 bridgehead atoms. The van der Waals surface area contributed by atoms with E-state index in [1.54, 1.807) is 0 Å². The summed E-state index contributed by atoms with van der Waals surface area (Å²) in [5, 5.41) is 12.0. The van der Waals surface area contributed by atoms with Crippen molar-refractivity contribution in [2.75, 3.05) is 6.54 Å². The Bertz CT molecular complexity index is 1130. The minimum Gasteiger partial charge on any atom is -0.480 e. The van der Waals surface area contributed by atoms with Gasteiger partial charge in [-0.2, -0.15) is 0 Å². The SMILES string of the molecule is CC/C=C\C/C=C\C/C=C\C/C=C\CCCCCCCCCCCCC(=O)OC(CCCCCCCCCCCCCCCC)CCCCCCCC(=O)NC(CCCN)C(=O)O. The minimum absolute atomic E-state index is 0.0102. The van der Waals surface area contributed by atoms with Crippen LogP contribution >= 0.6 is 0 Å². The molecule has 0 radical (unpaired) electrons. The number of allylic oxidation sites excluding steroid dienone is 8. The number of nitrogens with two attached hydrogens (primary N) is 1. The number of amides is 1. The summed E-state index contributed by atoms with van der Waals surface area (Å²) in [4.78, 5) is 36.6. The first-order valence-corrected chi connectivity index (χ1v) is 27.0. The third-order valence-electron chi connectivity index (χ3n) is 12.2. The molecule has 0 rings (SSSR count). The fourth-order valence-corrected chi connectivity index (χ4v) is 8.15. The second-order valence-corrected chi connectivity index (χ2v) is 18.3. The van der Waals surface area contributed by atoms with Crippen molar-refractivity contribution < 1.29 is 24.2 Å². The number of hydrogen-bond acceptors (Lipinski definition) is 5. The lowest BCUT2D eigenvalue weighted by atomic mass is 10.0. The van der Waals surface area contributed by atoms with Crippen molar-refractivity contribution in [3.8, 4) is 0 Å². The predicted molar refractivity (Wildman–Crippen MR) is 271 cm³/mol. The Balaban J connectivity index is 4.23. The topological polar surface area (TPSA) is 119 Å². The first-order valence-electron chi connectivity index (χ1n) is 27.0. The number of carboxylic acids is 1. The number of aliphatic carboxylic acids is 1. The standard InChI is InChI=1S/C56H102N2O5/c1-3-5-7-9-11-13-15-17-19-20-21-22-23-24-25-26-27-29-31-33-35-40-44-50-55(60)63-52(46-41-37-34-32-30-28-18-16-14-12-10-8-6-4-2)47-42-38-36-39-43-49-54(59)58-53(56(61)62)48-45-51-57/h5,7,11,13,17,19,21-22,52-53H,3-4,6,8-10,12,14-16,18,20,23-51,57H2,1-2H3,(H,58,59)(H,61,62)/b7-5-,13-11-,19-17-,22-21-. The van der Waals surface area contributed by atoms with E-state index in [-0.39, 0.29) is 18.0 Å². The van der Waals surface area contributed by atoms with Crippen LogP contribution in [0.2, 0.25) is 0 Å². The molecule has 0 aromatic carbocycles. The highest BCUT2D eigenvalue weighted by molar-refractivity contribution is 5.83. The van der Waals surface area contributed by atoms with Crippen LogP contribution in [-0.2, 0) is 19.1 Å². The van der Waals surface area contributed by atoms with Gasteiger partial charge in [0.25, 0.3) is 0 Å². The van der Waals surface area contributed by atoms with Crippen molar-refractivity contribution in [1.29, 1.82) is 0 Å². The van der Waals surface area contributed by atoms with E-state index in [1.807, 2.05) is 0 Å². The number of carboxylic acid groups (broad SMARTS) is 1. The third kappa shape index (κ3) is 47.1. The van der Waals surface area contributed by atoms with E-state index in [0.717, 1.165) is 89.9 Å². The summed E-state index contributed by atoms with van der Waals surface area (Å²) < 4.78 is 6.10. The van der Waals surface area contributed by atoms with Gasteiger partial charge in [0.15, 0.2) is 0 Å². The number of hydrogen-bond donors (Lipinski definition) is 3. The molecule has 63 heavy (non-hydrogen) atoms. The Hall–Kier alpha value is -2.67. The zero-order chi connectivity index (χ0) is 45.9. The largest absolute Gasteiger partial charge is 0.480 e. The van der Waals surface area contributed by atoms with E-state index >= 15 is 0 Å². The lowest BCUT2D eigenvalue weighted by Gasteiger charge is -2.18. The van der Waals surface area contributed by atoms with E-state index < -0.39 is 12.0 Å². The van der Waals surface area contributed by atoms with E-state index in [0.29, 0.717) is 32.2 Å². The van der Waals surface area contributed by atoms with Gasteiger partial charge in [-0.15, -0.1) is 0 Å². The molecule has 4 N–H and O–H groups in total. The van der Waals surface area contributed by atoms with Gasteiger partial charge in [0.05, 0.1) is 0 Å². The number of nitrogens with one attached hydrogen (secondary N) is 1. The van der Waals surface area contributed by atoms with E-state index in [4.69, 9.17) is 10.5 Å². The van der Waals surface area contributed by atoms with Gasteiger partial charge in [-0.3, -0.25) is 9.59 Å². The molecule has 7 nitrogen and oxygen atoms in total. The van der Waals surface area contributed by atoms with Crippen molar-refractivity contribution in [3.63, 3.8) is 0 Å². The summed E-state index contributed by atoms with van der Waals surface area (Å²) >= 11 is 0. The molecule has 1 amide bonds. The van der Waals surface area contributed by atoms with Crippen LogP contribution in [0.3, 0.4) is 0 Å². The molecule has 0 aliphatic rings. The molecule has 2 unspecified atom stereocenters. The number of esters is 1. The summed E-state index contributed by atoms with van der Waals surface area (Å²) in [7, 11) is 0. The van der Waals surface area contributed by atoms with Gasteiger partial charge in [0.2, 0.25) is 5.91 Å². The highest BCUT2D eigenvalue weighted by atomic mass is 16.5. The molecule has 0 aliphatic carbocycles. The molecule has 0 aromatic heterocycles. The minimum atomic E-state index is -1.00. The molecule has 0 aromatic rings. The average Bonchev–Trinajstić information content (AvgIpc) is 3.27. The van der Waals surface area contributed by atoms with E-state index in [9.17, 15) is 19.5 Å². The molecule has 0 fully saturated rings. The summed E-state index contributed by atoms with van der Waals surface area (Å²) in [5.74, 6) is -1.22. The Morgan fingerprint density at radius 1 is 0.476 bits per heavy atom. The maximum absolute atomic E-state index is 12.9. The van der Waals surface area contributed by atoms with Crippen LogP contribution in [0.5, 0.6) is 0 Å². The lowest BCUT2D eigenvalue weighted by molar-refractivity contribution is -0.150. The van der Waals surface area contributed by atoms with Crippen molar-refractivity contribution in [2.24, 2.45) is 5.73 Å². The zero-order valence-electron chi connectivity index (χ0n) is 41.4. The van der Waals surface area contributed by atoms with Crippen LogP contribution in [0.15, 0.2) is 48.6 Å². The normalized spacial score (nSPS) is 12.9. The molecule has 366 valence electrons. The summed E-state index contributed by atoms with van der Waals surface area (Å²) in [6, 6.07) is -0.857. The van der Waals surface area contributed by atoms with Gasteiger partial charge >= 0.3 is 11.9 Å². The first-order chi connectivity index (χ1) is 30.9. The smallest absolute Gasteiger partial charge is 0.326 e. The van der Waals surface area contributed by atoms with Crippen molar-refractivity contribution in [1.82, 2.24) is 5.32 Å². The van der Waals surface area contributed by atoms with Crippen LogP contribution in [0.1, 0.15) is 271 Å². The average molecular weight is 883 g/mol. The van der Waals surface area contributed by atoms with Gasteiger partial charge in [0.1, 0.15) is 12.1 Å². The van der Waals surface area contributed by atoms with Gasteiger partial charge in [-0.1, -0.05) is 217 Å². The van der Waals surface area contributed by atoms with Gasteiger partial charge < -0.3 is 20.9 Å². The number of ether oxygens (including phenoxy) is 1. The molecule has 0 saturated carbocycles. The quantitative estimate of drug-likeness (QED) is 0.0318. The van der Waals surface area contributed by atoms with Crippen molar-refractivity contribution in [3.05, 3.63) is 48.6 Å². The third-order valence-corrected chi connectivity index (χ3v) is 12.2. The summed E-state index contributed by atoms with van der Waals surface area (Å²) in [6.07, 6.45) is 63.2. The van der Waals surface area contributed by atoms with Crippen LogP contribution in [-0.4, -0.2) is 41.6 Å². The van der Waals surface area contributed by atoms with Gasteiger partial charge in [-0.25, -0.2) is 4.79 Å². The zero-order valence-corrected chi connectivity index (χ0v) is 41.4. The number of rotatable bonds is 49. The monoisotopic (exact) mass is 883 g/mol. The Morgan fingerprint density at radius 3 is 1.32 bits per heavy atom. The molecule has 2 atom stereocenters. The van der Waals surface area contributed by atoms with Gasteiger partial charge in [0, 0.05) is 12.8 Å². The fourth-order valence-electron chi connectivity index (χ4n) is 8.15. The van der Waals surface area contributed by atoms with Crippen molar-refractivity contribution in [2.45, 2.75) is 283 Å². The first kappa shape index (κ1) is 60.3. The molecule has 7 heteroatoms. The second-order valence-electron chi connectivity index (χ2n) is 18.3. The molecular formula is C56H102N2O5. The molecule has 0 saturated heterocycles. The maximum atomic E-state index is 12.9. The number of carbonyl (C=O) groups is 3. The summed E-state index contributed by atoms with van der Waals surface area (Å²) in [6.45, 7) is 4.86. The highest BCUT2D eigenvalue weighted by Gasteiger charge is 2.19. The molecule has 0 spiro atoms. The van der Waals surface area contributed by atoms with Crippen LogP contribution in [0.4, 0.5) is 0 Å². The number of carbonyl (C=O) groups excluding carboxylic acids is 2. The van der Waals surface area contributed by atoms with Crippen LogP contribution in [0, 0.1) is 0 Å². The Kier molecular flexibility index (Phi) is 48.2.